The summed E-state index contributed by atoms with van der Waals surface area (Å²) in [5, 5.41) is 24.3. The molecule has 2 aliphatic carbocycles. The van der Waals surface area contributed by atoms with E-state index in [0.29, 0.717) is 59.0 Å². The first-order chi connectivity index (χ1) is 29.2. The molecule has 1 saturated carbocycles. The lowest BCUT2D eigenvalue weighted by atomic mass is 9.55. The SMILES string of the molecule is C=CCOC12Oc3ccc(Oc4ccc(OC)c(C=O)c4)cc3C3C(CCCCO)C(CCCCO)C=C(C(=NOC)CC1N(Cc1ccc(F)cc1)C(=O)OCCCl)C32. The maximum absolute atomic E-state index is 14.3. The minimum Gasteiger partial charge on any atom is -0.496 e. The monoisotopic (exact) mass is 848 g/mol. The molecule has 0 saturated heterocycles. The van der Waals surface area contributed by atoms with Crippen LogP contribution in [0.1, 0.15) is 72.3 Å². The summed E-state index contributed by atoms with van der Waals surface area (Å²) in [5.74, 6) is -0.943. The Morgan fingerprint density at radius 2 is 1.77 bits per heavy atom. The molecule has 1 aliphatic heterocycles. The van der Waals surface area contributed by atoms with E-state index in [1.165, 1.54) is 26.4 Å². The summed E-state index contributed by atoms with van der Waals surface area (Å²) in [7, 11) is 2.97. The molecule has 0 bridgehead atoms. The molecule has 60 heavy (non-hydrogen) atoms. The van der Waals surface area contributed by atoms with Crippen LogP contribution in [0, 0.1) is 23.6 Å². The van der Waals surface area contributed by atoms with Crippen molar-refractivity contribution in [1.82, 2.24) is 4.90 Å². The van der Waals surface area contributed by atoms with Crippen LogP contribution >= 0.6 is 11.6 Å². The smallest absolute Gasteiger partial charge is 0.410 e. The Labute approximate surface area is 355 Å². The molecule has 12 nitrogen and oxygen atoms in total. The van der Waals surface area contributed by atoms with E-state index in [-0.39, 0.29) is 63.0 Å². The number of hydrogen-bond acceptors (Lipinski definition) is 11. The molecule has 322 valence electrons. The van der Waals surface area contributed by atoms with Gasteiger partial charge in [0.05, 0.1) is 36.8 Å². The van der Waals surface area contributed by atoms with E-state index in [1.807, 2.05) is 12.1 Å². The minimum atomic E-state index is -1.55. The number of nitrogens with zero attached hydrogens (tertiary/aromatic N) is 2. The summed E-state index contributed by atoms with van der Waals surface area (Å²) < 4.78 is 45.9. The molecule has 1 heterocycles. The molecular formula is C46H54ClFN2O10. The van der Waals surface area contributed by atoms with Crippen molar-refractivity contribution in [2.45, 2.75) is 69.2 Å². The zero-order valence-electron chi connectivity index (χ0n) is 34.1. The lowest BCUT2D eigenvalue weighted by Crippen LogP contribution is -2.70. The normalized spacial score (nSPS) is 23.3. The minimum absolute atomic E-state index is 0.0125. The van der Waals surface area contributed by atoms with Crippen LogP contribution in [0.5, 0.6) is 23.0 Å². The van der Waals surface area contributed by atoms with Crippen molar-refractivity contribution >= 4 is 29.7 Å². The molecule has 6 rings (SSSR count). The van der Waals surface area contributed by atoms with Gasteiger partial charge in [-0.15, -0.1) is 18.2 Å². The first kappa shape index (κ1) is 44.6. The number of ether oxygens (including phenoxy) is 5. The molecule has 1 fully saturated rings. The van der Waals surface area contributed by atoms with E-state index in [0.717, 1.165) is 36.8 Å². The molecule has 6 unspecified atom stereocenters. The molecule has 3 aliphatic rings. The van der Waals surface area contributed by atoms with Gasteiger partial charge in [0.15, 0.2) is 6.29 Å². The van der Waals surface area contributed by atoms with Gasteiger partial charge in [0.2, 0.25) is 5.79 Å². The molecule has 14 heteroatoms. The van der Waals surface area contributed by atoms with E-state index in [1.54, 1.807) is 47.4 Å². The second-order valence-corrected chi connectivity index (χ2v) is 15.5. The predicted octanol–water partition coefficient (Wildman–Crippen LogP) is 8.58. The highest BCUT2D eigenvalue weighted by molar-refractivity contribution is 6.18. The van der Waals surface area contributed by atoms with Gasteiger partial charge in [-0.05, 0) is 97.2 Å². The summed E-state index contributed by atoms with van der Waals surface area (Å²) in [6.45, 7) is 4.10. The number of carbonyl (C=O) groups is 2. The van der Waals surface area contributed by atoms with Gasteiger partial charge in [-0.25, -0.2) is 9.18 Å². The maximum atomic E-state index is 14.3. The number of carbonyl (C=O) groups excluding carboxylic acids is 2. The number of methoxy groups -OCH3 is 1. The summed E-state index contributed by atoms with van der Waals surface area (Å²) in [5.41, 5.74) is 3.28. The zero-order chi connectivity index (χ0) is 42.6. The number of allylic oxidation sites excluding steroid dienone is 1. The van der Waals surface area contributed by atoms with Crippen molar-refractivity contribution in [3.8, 4) is 23.0 Å². The number of fused-ring (bicyclic) bond motifs is 2. The predicted molar refractivity (Wildman–Crippen MR) is 224 cm³/mol. The van der Waals surface area contributed by atoms with Crippen LogP contribution in [-0.2, 0) is 20.9 Å². The van der Waals surface area contributed by atoms with Gasteiger partial charge in [-0.1, -0.05) is 42.3 Å². The number of hydrogen-bond donors (Lipinski definition) is 2. The van der Waals surface area contributed by atoms with E-state index < -0.39 is 29.7 Å². The Balaban J connectivity index is 1.58. The summed E-state index contributed by atoms with van der Waals surface area (Å²) in [4.78, 5) is 33.3. The third kappa shape index (κ3) is 9.65. The fraction of sp³-hybridized carbons (Fsp3) is 0.457. The second kappa shape index (κ2) is 21.0. The number of oxime groups is 1. The Hall–Kier alpha value is -4.95. The molecule has 0 radical (unpaired) electrons. The highest BCUT2D eigenvalue weighted by Gasteiger charge is 2.65. The van der Waals surface area contributed by atoms with Crippen LogP contribution in [0.25, 0.3) is 0 Å². The number of benzene rings is 3. The highest BCUT2D eigenvalue weighted by atomic mass is 35.5. The zero-order valence-corrected chi connectivity index (χ0v) is 34.9. The Kier molecular flexibility index (Phi) is 15.6. The Morgan fingerprint density at radius 1 is 1.03 bits per heavy atom. The van der Waals surface area contributed by atoms with Crippen molar-refractivity contribution in [3.05, 3.63) is 107 Å². The van der Waals surface area contributed by atoms with Crippen molar-refractivity contribution in [2.75, 3.05) is 46.5 Å². The Morgan fingerprint density at radius 3 is 2.45 bits per heavy atom. The molecule has 0 aromatic heterocycles. The first-order valence-corrected chi connectivity index (χ1v) is 21.0. The van der Waals surface area contributed by atoms with Crippen LogP contribution in [0.4, 0.5) is 9.18 Å². The van der Waals surface area contributed by atoms with E-state index in [2.05, 4.69) is 17.8 Å². The van der Waals surface area contributed by atoms with Crippen molar-refractivity contribution < 1.29 is 52.7 Å². The van der Waals surface area contributed by atoms with Gasteiger partial charge >= 0.3 is 6.09 Å². The highest BCUT2D eigenvalue weighted by Crippen LogP contribution is 2.62. The number of unbranched alkanes of at least 4 members (excludes halogenated alkanes) is 2. The van der Waals surface area contributed by atoms with Gasteiger partial charge in [0.25, 0.3) is 0 Å². The van der Waals surface area contributed by atoms with Crippen molar-refractivity contribution in [2.24, 2.45) is 22.9 Å². The van der Waals surface area contributed by atoms with Crippen molar-refractivity contribution in [1.29, 1.82) is 0 Å². The molecule has 3 aromatic carbocycles. The van der Waals surface area contributed by atoms with Gasteiger partial charge in [-0.2, -0.15) is 0 Å². The van der Waals surface area contributed by atoms with Gasteiger partial charge < -0.3 is 38.7 Å². The van der Waals surface area contributed by atoms with Gasteiger partial charge in [-0.3, -0.25) is 9.69 Å². The van der Waals surface area contributed by atoms with Crippen LogP contribution in [0.3, 0.4) is 0 Å². The lowest BCUT2D eigenvalue weighted by Gasteiger charge is -2.59. The summed E-state index contributed by atoms with van der Waals surface area (Å²) in [6, 6.07) is 15.6. The Bertz CT molecular complexity index is 2010. The fourth-order valence-electron chi connectivity index (χ4n) is 9.12. The molecule has 6 atom stereocenters. The average molecular weight is 849 g/mol. The van der Waals surface area contributed by atoms with Crippen LogP contribution in [0.15, 0.2) is 90.1 Å². The molecular weight excluding hydrogens is 795 g/mol. The maximum Gasteiger partial charge on any atom is 0.410 e. The van der Waals surface area contributed by atoms with E-state index in [9.17, 15) is 24.2 Å². The molecule has 1 amide bonds. The third-order valence-corrected chi connectivity index (χ3v) is 11.7. The van der Waals surface area contributed by atoms with Crippen LogP contribution in [0.2, 0.25) is 0 Å². The largest absolute Gasteiger partial charge is 0.496 e. The standard InChI is InChI=1S/C46H54ClFN2O10/c1-4-22-58-46-42(50(45(54)57-23-19-47)28-30-11-13-33(48)14-12-30)27-39(49-56-3)37-25-31(9-5-7-20-51)36(10-6-8-21-52)43(44(37)46)38-26-35(16-18-41(38)60-46)59-34-15-17-40(55-2)32(24-34)29-53/h4,11-18,24-26,29,31,36,42-44,51-52H,1,5-10,19-23,27-28H2,2-3H3. The third-order valence-electron chi connectivity index (χ3n) is 11.6. The molecule has 0 spiro atoms. The van der Waals surface area contributed by atoms with Crippen LogP contribution < -0.4 is 14.2 Å². The topological polar surface area (TPSA) is 146 Å². The van der Waals surface area contributed by atoms with Crippen LogP contribution in [-0.4, -0.2) is 91.6 Å². The fourth-order valence-corrected chi connectivity index (χ4v) is 9.20. The van der Waals surface area contributed by atoms with Gasteiger partial charge in [0, 0.05) is 37.7 Å². The second-order valence-electron chi connectivity index (χ2n) is 15.1. The van der Waals surface area contributed by atoms with Gasteiger partial charge in [0.1, 0.15) is 48.6 Å². The number of aliphatic hydroxyl groups excluding tert-OH is 2. The average Bonchev–Trinajstić information content (AvgIpc) is 3.26. The number of halogens is 2. The van der Waals surface area contributed by atoms with E-state index >= 15 is 0 Å². The lowest BCUT2D eigenvalue weighted by molar-refractivity contribution is -0.256. The molecule has 3 aromatic rings. The van der Waals surface area contributed by atoms with Crippen molar-refractivity contribution in [3.63, 3.8) is 0 Å². The number of aliphatic hydroxyl groups is 2. The quantitative estimate of drug-likeness (QED) is 0.0352. The number of aldehydes is 1. The summed E-state index contributed by atoms with van der Waals surface area (Å²) in [6.07, 6.45) is 8.32. The number of amides is 1. The first-order valence-electron chi connectivity index (χ1n) is 20.4. The number of rotatable bonds is 21. The number of alkyl halides is 1. The molecule has 2 N–H and O–H groups in total. The summed E-state index contributed by atoms with van der Waals surface area (Å²) >= 11 is 6.02. The van der Waals surface area contributed by atoms with E-state index in [4.69, 9.17) is 40.1 Å².